The number of piperazine rings is 1. The number of amides is 1. The number of carbonyl (C=O) groups is 1. The minimum absolute atomic E-state index is 0.0716. The van der Waals surface area contributed by atoms with E-state index in [4.69, 9.17) is 4.42 Å². The van der Waals surface area contributed by atoms with Crippen molar-refractivity contribution in [3.63, 3.8) is 0 Å². The second kappa shape index (κ2) is 8.12. The quantitative estimate of drug-likeness (QED) is 0.736. The van der Waals surface area contributed by atoms with Crippen LogP contribution in [0.25, 0.3) is 0 Å². The van der Waals surface area contributed by atoms with E-state index in [-0.39, 0.29) is 11.9 Å². The fourth-order valence-corrected chi connectivity index (χ4v) is 3.29. The Morgan fingerprint density at radius 2 is 1.86 bits per heavy atom. The van der Waals surface area contributed by atoms with Crippen LogP contribution in [0.1, 0.15) is 29.1 Å². The second-order valence-corrected chi connectivity index (χ2v) is 6.78. The number of rotatable bonds is 5. The van der Waals surface area contributed by atoms with Gasteiger partial charge in [0.25, 0.3) is 5.91 Å². The molecule has 1 N–H and O–H groups in total. The highest BCUT2D eigenvalue weighted by Gasteiger charge is 2.25. The summed E-state index contributed by atoms with van der Waals surface area (Å²) in [5, 5.41) is 3.43. The lowest BCUT2D eigenvalue weighted by atomic mass is 10.1. The van der Waals surface area contributed by atoms with Gasteiger partial charge in [0.1, 0.15) is 5.82 Å². The number of anilines is 2. The molecule has 1 aliphatic heterocycles. The maximum absolute atomic E-state index is 12.4. The molecule has 7 heteroatoms. The van der Waals surface area contributed by atoms with Crippen LogP contribution >= 0.6 is 0 Å². The zero-order valence-electron chi connectivity index (χ0n) is 15.8. The first-order chi connectivity index (χ1) is 13.7. The number of aromatic nitrogens is 2. The molecule has 1 saturated heterocycles. The number of hydrogen-bond donors (Lipinski definition) is 1. The molecule has 28 heavy (non-hydrogen) atoms. The molecule has 3 heterocycles. The molecule has 1 atom stereocenters. The van der Waals surface area contributed by atoms with Gasteiger partial charge in [0, 0.05) is 38.4 Å². The van der Waals surface area contributed by atoms with E-state index in [1.54, 1.807) is 23.2 Å². The highest BCUT2D eigenvalue weighted by atomic mass is 16.3. The summed E-state index contributed by atoms with van der Waals surface area (Å²) in [7, 11) is 0. The lowest BCUT2D eigenvalue weighted by Gasteiger charge is -2.34. The lowest BCUT2D eigenvalue weighted by molar-refractivity contribution is 0.0714. The van der Waals surface area contributed by atoms with Crippen molar-refractivity contribution in [2.24, 2.45) is 0 Å². The third kappa shape index (κ3) is 3.98. The molecule has 1 fully saturated rings. The van der Waals surface area contributed by atoms with Gasteiger partial charge in [-0.15, -0.1) is 0 Å². The standard InChI is InChI=1S/C21H23N5O2/c1-16(17-6-3-2-4-7-17)23-19-9-10-22-21(24-19)26-13-11-25(12-14-26)20(27)18-8-5-15-28-18/h2-10,15-16H,11-14H2,1H3,(H,22,23,24). The molecular weight excluding hydrogens is 354 g/mol. The van der Waals surface area contributed by atoms with Crippen LogP contribution in [0.5, 0.6) is 0 Å². The van der Waals surface area contributed by atoms with Crippen molar-refractivity contribution in [3.05, 3.63) is 72.3 Å². The monoisotopic (exact) mass is 377 g/mol. The maximum Gasteiger partial charge on any atom is 0.289 e. The van der Waals surface area contributed by atoms with Gasteiger partial charge in [-0.25, -0.2) is 4.98 Å². The topological polar surface area (TPSA) is 74.5 Å². The molecule has 1 aromatic carbocycles. The Balaban J connectivity index is 1.38. The zero-order chi connectivity index (χ0) is 19.3. The SMILES string of the molecule is CC(Nc1ccnc(N2CCN(C(=O)c3ccco3)CC2)n1)c1ccccc1. The molecule has 7 nitrogen and oxygen atoms in total. The smallest absolute Gasteiger partial charge is 0.289 e. The van der Waals surface area contributed by atoms with Crippen molar-refractivity contribution < 1.29 is 9.21 Å². The van der Waals surface area contributed by atoms with Gasteiger partial charge in [-0.1, -0.05) is 30.3 Å². The molecule has 0 aliphatic carbocycles. The Hall–Kier alpha value is -3.35. The third-order valence-electron chi connectivity index (χ3n) is 4.89. The first-order valence-corrected chi connectivity index (χ1v) is 9.43. The molecule has 2 aromatic heterocycles. The maximum atomic E-state index is 12.4. The summed E-state index contributed by atoms with van der Waals surface area (Å²) in [5.74, 6) is 1.77. The van der Waals surface area contributed by atoms with Crippen LogP contribution < -0.4 is 10.2 Å². The molecule has 0 saturated carbocycles. The van der Waals surface area contributed by atoms with Crippen LogP contribution in [0.4, 0.5) is 11.8 Å². The fraction of sp³-hybridized carbons (Fsp3) is 0.286. The predicted molar refractivity (Wildman–Crippen MR) is 107 cm³/mol. The summed E-state index contributed by atoms with van der Waals surface area (Å²) in [4.78, 5) is 25.4. The largest absolute Gasteiger partial charge is 0.459 e. The van der Waals surface area contributed by atoms with Gasteiger partial charge >= 0.3 is 0 Å². The number of furan rings is 1. The van der Waals surface area contributed by atoms with Gasteiger partial charge in [0.15, 0.2) is 5.76 Å². The van der Waals surface area contributed by atoms with Crippen molar-refractivity contribution in [1.29, 1.82) is 0 Å². The molecule has 0 bridgehead atoms. The number of hydrogen-bond acceptors (Lipinski definition) is 6. The number of nitrogens with zero attached hydrogens (tertiary/aromatic N) is 4. The van der Waals surface area contributed by atoms with Crippen LogP contribution in [-0.4, -0.2) is 47.0 Å². The Morgan fingerprint density at radius 3 is 2.57 bits per heavy atom. The normalized spacial score (nSPS) is 15.3. The summed E-state index contributed by atoms with van der Waals surface area (Å²) < 4.78 is 5.21. The molecule has 1 amide bonds. The Kier molecular flexibility index (Phi) is 5.23. The van der Waals surface area contributed by atoms with Crippen LogP contribution in [0.15, 0.2) is 65.4 Å². The van der Waals surface area contributed by atoms with Gasteiger partial charge in [-0.05, 0) is 30.7 Å². The van der Waals surface area contributed by atoms with E-state index in [0.29, 0.717) is 37.9 Å². The van der Waals surface area contributed by atoms with E-state index < -0.39 is 0 Å². The molecule has 0 radical (unpaired) electrons. The van der Waals surface area contributed by atoms with E-state index in [9.17, 15) is 4.79 Å². The molecule has 1 aliphatic rings. The van der Waals surface area contributed by atoms with Gasteiger partial charge in [0.2, 0.25) is 5.95 Å². The van der Waals surface area contributed by atoms with Crippen LogP contribution in [0, 0.1) is 0 Å². The zero-order valence-corrected chi connectivity index (χ0v) is 15.8. The Labute approximate surface area is 164 Å². The Morgan fingerprint density at radius 1 is 1.07 bits per heavy atom. The fourth-order valence-electron chi connectivity index (χ4n) is 3.29. The van der Waals surface area contributed by atoms with E-state index >= 15 is 0 Å². The first-order valence-electron chi connectivity index (χ1n) is 9.43. The summed E-state index contributed by atoms with van der Waals surface area (Å²) >= 11 is 0. The molecule has 1 unspecified atom stereocenters. The summed E-state index contributed by atoms with van der Waals surface area (Å²) in [6.07, 6.45) is 3.29. The highest BCUT2D eigenvalue weighted by molar-refractivity contribution is 5.91. The predicted octanol–water partition coefficient (Wildman–Crippen LogP) is 3.21. The summed E-state index contributed by atoms with van der Waals surface area (Å²) in [5.41, 5.74) is 1.20. The molecule has 3 aromatic rings. The van der Waals surface area contributed by atoms with Gasteiger partial charge < -0.3 is 19.5 Å². The first kappa shape index (κ1) is 18.0. The van der Waals surface area contributed by atoms with Crippen LogP contribution in [-0.2, 0) is 0 Å². The molecular formula is C21H23N5O2. The van der Waals surface area contributed by atoms with Crippen molar-refractivity contribution in [1.82, 2.24) is 14.9 Å². The van der Waals surface area contributed by atoms with Crippen molar-refractivity contribution in [2.45, 2.75) is 13.0 Å². The van der Waals surface area contributed by atoms with E-state index in [1.807, 2.05) is 24.3 Å². The number of nitrogens with one attached hydrogen (secondary N) is 1. The molecule has 0 spiro atoms. The average molecular weight is 377 g/mol. The Bertz CT molecular complexity index is 906. The summed E-state index contributed by atoms with van der Waals surface area (Å²) in [6, 6.07) is 15.7. The lowest BCUT2D eigenvalue weighted by Crippen LogP contribution is -2.49. The minimum atomic E-state index is -0.0716. The van der Waals surface area contributed by atoms with Crippen LogP contribution in [0.3, 0.4) is 0 Å². The minimum Gasteiger partial charge on any atom is -0.459 e. The highest BCUT2D eigenvalue weighted by Crippen LogP contribution is 2.20. The van der Waals surface area contributed by atoms with Gasteiger partial charge in [0.05, 0.1) is 6.26 Å². The van der Waals surface area contributed by atoms with E-state index in [0.717, 1.165) is 5.82 Å². The number of carbonyl (C=O) groups excluding carboxylic acids is 1. The van der Waals surface area contributed by atoms with E-state index in [1.165, 1.54) is 11.8 Å². The van der Waals surface area contributed by atoms with E-state index in [2.05, 4.69) is 39.2 Å². The van der Waals surface area contributed by atoms with Crippen molar-refractivity contribution in [3.8, 4) is 0 Å². The summed E-state index contributed by atoms with van der Waals surface area (Å²) in [6.45, 7) is 4.70. The molecule has 4 rings (SSSR count). The third-order valence-corrected chi connectivity index (χ3v) is 4.89. The van der Waals surface area contributed by atoms with Crippen LogP contribution in [0.2, 0.25) is 0 Å². The molecule has 144 valence electrons. The van der Waals surface area contributed by atoms with Crippen molar-refractivity contribution >= 4 is 17.7 Å². The number of benzene rings is 1. The second-order valence-electron chi connectivity index (χ2n) is 6.78. The average Bonchev–Trinajstić information content (AvgIpc) is 3.29. The van der Waals surface area contributed by atoms with Crippen molar-refractivity contribution in [2.75, 3.05) is 36.4 Å². The van der Waals surface area contributed by atoms with Gasteiger partial charge in [-0.3, -0.25) is 4.79 Å². The van der Waals surface area contributed by atoms with Gasteiger partial charge in [-0.2, -0.15) is 4.98 Å².